The Kier molecular flexibility index (Phi) is 5.80. The van der Waals surface area contributed by atoms with Crippen LogP contribution in [0.5, 0.6) is 0 Å². The standard InChI is InChI=1S/C10H16N4O4S/c1-12-7(9(17)18)2-5-3-13-10(14-5)19-4-6(11)8(15)16/h3,6-7,12H,2,4,11H2,1H3,(H,13,14)(H,15,16)(H,17,18). The number of carbonyl (C=O) groups is 2. The third-order valence-corrected chi connectivity index (χ3v) is 3.39. The average molecular weight is 288 g/mol. The Morgan fingerprint density at radius 1 is 1.53 bits per heavy atom. The van der Waals surface area contributed by atoms with Crippen molar-refractivity contribution in [2.24, 2.45) is 5.73 Å². The first kappa shape index (κ1) is 15.5. The van der Waals surface area contributed by atoms with Gasteiger partial charge in [0.05, 0.1) is 5.69 Å². The van der Waals surface area contributed by atoms with Crippen molar-refractivity contribution in [1.82, 2.24) is 15.3 Å². The summed E-state index contributed by atoms with van der Waals surface area (Å²) in [5.41, 5.74) is 5.95. The zero-order valence-electron chi connectivity index (χ0n) is 10.3. The van der Waals surface area contributed by atoms with Gasteiger partial charge in [-0.3, -0.25) is 9.59 Å². The molecular formula is C10H16N4O4S. The highest BCUT2D eigenvalue weighted by Gasteiger charge is 2.17. The van der Waals surface area contributed by atoms with E-state index in [4.69, 9.17) is 15.9 Å². The van der Waals surface area contributed by atoms with Gasteiger partial charge in [0, 0.05) is 18.4 Å². The van der Waals surface area contributed by atoms with E-state index >= 15 is 0 Å². The summed E-state index contributed by atoms with van der Waals surface area (Å²) >= 11 is 1.18. The van der Waals surface area contributed by atoms with Gasteiger partial charge in [0.25, 0.3) is 0 Å². The number of nitrogens with zero attached hydrogens (tertiary/aromatic N) is 1. The summed E-state index contributed by atoms with van der Waals surface area (Å²) in [5.74, 6) is -1.83. The predicted molar refractivity (Wildman–Crippen MR) is 69.1 cm³/mol. The Balaban J connectivity index is 2.52. The highest BCUT2D eigenvalue weighted by Crippen LogP contribution is 2.15. The highest BCUT2D eigenvalue weighted by atomic mass is 32.2. The third-order valence-electron chi connectivity index (χ3n) is 2.38. The number of H-pyrrole nitrogens is 1. The first-order valence-electron chi connectivity index (χ1n) is 5.49. The minimum absolute atomic E-state index is 0.191. The molecule has 0 saturated carbocycles. The lowest BCUT2D eigenvalue weighted by Crippen LogP contribution is -2.35. The molecule has 0 saturated heterocycles. The van der Waals surface area contributed by atoms with Gasteiger partial charge in [-0.15, -0.1) is 0 Å². The fraction of sp³-hybridized carbons (Fsp3) is 0.500. The number of hydrogen-bond acceptors (Lipinski definition) is 6. The molecule has 0 aliphatic rings. The van der Waals surface area contributed by atoms with E-state index in [9.17, 15) is 9.59 Å². The van der Waals surface area contributed by atoms with Gasteiger partial charge in [-0.05, 0) is 7.05 Å². The number of imidazole rings is 1. The summed E-state index contributed by atoms with van der Waals surface area (Å²) in [6, 6.07) is -1.66. The minimum atomic E-state index is -1.07. The normalized spacial score (nSPS) is 14.0. The Hall–Kier alpha value is -1.58. The summed E-state index contributed by atoms with van der Waals surface area (Å²) in [6.07, 6.45) is 1.84. The van der Waals surface area contributed by atoms with Crippen LogP contribution in [0.15, 0.2) is 11.4 Å². The van der Waals surface area contributed by atoms with Crippen molar-refractivity contribution in [3.05, 3.63) is 11.9 Å². The number of hydrogen-bond donors (Lipinski definition) is 5. The van der Waals surface area contributed by atoms with E-state index in [1.807, 2.05) is 0 Å². The van der Waals surface area contributed by atoms with Crippen molar-refractivity contribution in [3.63, 3.8) is 0 Å². The van der Waals surface area contributed by atoms with Crippen LogP contribution in [0, 0.1) is 0 Å². The lowest BCUT2D eigenvalue weighted by Gasteiger charge is -2.08. The second kappa shape index (κ2) is 7.12. The first-order valence-corrected chi connectivity index (χ1v) is 6.48. The van der Waals surface area contributed by atoms with Crippen molar-refractivity contribution >= 4 is 23.7 Å². The Bertz CT molecular complexity index is 450. The summed E-state index contributed by atoms with van der Waals surface area (Å²) < 4.78 is 0. The molecule has 6 N–H and O–H groups in total. The average Bonchev–Trinajstić information content (AvgIpc) is 2.80. The van der Waals surface area contributed by atoms with Gasteiger partial charge >= 0.3 is 11.9 Å². The number of nitrogens with two attached hydrogens (primary N) is 1. The molecule has 1 heterocycles. The zero-order valence-corrected chi connectivity index (χ0v) is 11.1. The molecule has 2 atom stereocenters. The maximum atomic E-state index is 10.8. The summed E-state index contributed by atoms with van der Waals surface area (Å²) in [6.45, 7) is 0. The monoisotopic (exact) mass is 288 g/mol. The fourth-order valence-corrected chi connectivity index (χ4v) is 2.08. The van der Waals surface area contributed by atoms with E-state index in [0.717, 1.165) is 0 Å². The van der Waals surface area contributed by atoms with E-state index in [1.54, 1.807) is 13.2 Å². The molecule has 1 rings (SSSR count). The first-order chi connectivity index (χ1) is 8.93. The molecule has 0 spiro atoms. The lowest BCUT2D eigenvalue weighted by molar-refractivity contribution is -0.139. The maximum Gasteiger partial charge on any atom is 0.321 e. The smallest absolute Gasteiger partial charge is 0.321 e. The molecule has 0 aliphatic heterocycles. The van der Waals surface area contributed by atoms with E-state index < -0.39 is 24.0 Å². The van der Waals surface area contributed by atoms with Crippen LogP contribution < -0.4 is 11.1 Å². The van der Waals surface area contributed by atoms with Crippen LogP contribution in [0.3, 0.4) is 0 Å². The third kappa shape index (κ3) is 4.89. The molecule has 106 valence electrons. The second-order valence-corrected chi connectivity index (χ2v) is 4.85. The van der Waals surface area contributed by atoms with Crippen LogP contribution in [-0.2, 0) is 16.0 Å². The summed E-state index contributed by atoms with van der Waals surface area (Å²) in [5, 5.41) is 20.7. The predicted octanol–water partition coefficient (Wildman–Crippen LogP) is -0.871. The number of carboxylic acid groups (broad SMARTS) is 2. The second-order valence-electron chi connectivity index (χ2n) is 3.84. The molecule has 0 aliphatic carbocycles. The van der Waals surface area contributed by atoms with Crippen LogP contribution in [0.25, 0.3) is 0 Å². The van der Waals surface area contributed by atoms with Gasteiger partial charge in [-0.2, -0.15) is 0 Å². The number of aromatic amines is 1. The van der Waals surface area contributed by atoms with E-state index in [-0.39, 0.29) is 12.2 Å². The van der Waals surface area contributed by atoms with E-state index in [0.29, 0.717) is 10.9 Å². The van der Waals surface area contributed by atoms with E-state index in [2.05, 4.69) is 15.3 Å². The highest BCUT2D eigenvalue weighted by molar-refractivity contribution is 7.99. The summed E-state index contributed by atoms with van der Waals surface area (Å²) in [7, 11) is 1.56. The molecule has 2 unspecified atom stereocenters. The van der Waals surface area contributed by atoms with Crippen molar-refractivity contribution in [2.45, 2.75) is 23.7 Å². The number of likely N-dealkylation sites (N-methyl/N-ethyl adjacent to an activating group) is 1. The van der Waals surface area contributed by atoms with Gasteiger partial charge < -0.3 is 26.2 Å². The molecular weight excluding hydrogens is 272 g/mol. The number of thioether (sulfide) groups is 1. The van der Waals surface area contributed by atoms with Crippen LogP contribution in [-0.4, -0.2) is 57.0 Å². The molecule has 0 aromatic carbocycles. The topological polar surface area (TPSA) is 141 Å². The molecule has 0 radical (unpaired) electrons. The molecule has 19 heavy (non-hydrogen) atoms. The van der Waals surface area contributed by atoms with Gasteiger partial charge in [-0.25, -0.2) is 4.98 Å². The van der Waals surface area contributed by atoms with Gasteiger partial charge in [0.1, 0.15) is 12.1 Å². The van der Waals surface area contributed by atoms with Crippen molar-refractivity contribution < 1.29 is 19.8 Å². The van der Waals surface area contributed by atoms with Gasteiger partial charge in [0.2, 0.25) is 0 Å². The zero-order chi connectivity index (χ0) is 14.4. The molecule has 0 amide bonds. The minimum Gasteiger partial charge on any atom is -0.480 e. The molecule has 0 bridgehead atoms. The van der Waals surface area contributed by atoms with E-state index in [1.165, 1.54) is 11.8 Å². The molecule has 8 nitrogen and oxygen atoms in total. The number of carboxylic acids is 2. The molecule has 1 aromatic rings. The lowest BCUT2D eigenvalue weighted by atomic mass is 10.2. The van der Waals surface area contributed by atoms with Crippen molar-refractivity contribution in [2.75, 3.05) is 12.8 Å². The van der Waals surface area contributed by atoms with Crippen LogP contribution >= 0.6 is 11.8 Å². The van der Waals surface area contributed by atoms with Crippen molar-refractivity contribution in [1.29, 1.82) is 0 Å². The Labute approximate surface area is 113 Å². The van der Waals surface area contributed by atoms with Crippen LogP contribution in [0.2, 0.25) is 0 Å². The Morgan fingerprint density at radius 2 is 2.21 bits per heavy atom. The number of aliphatic carboxylic acids is 2. The van der Waals surface area contributed by atoms with Crippen molar-refractivity contribution in [3.8, 4) is 0 Å². The molecule has 9 heteroatoms. The fourth-order valence-electron chi connectivity index (χ4n) is 1.28. The molecule has 1 aromatic heterocycles. The molecule has 0 fully saturated rings. The number of rotatable bonds is 8. The Morgan fingerprint density at radius 3 is 2.74 bits per heavy atom. The summed E-state index contributed by atoms with van der Waals surface area (Å²) in [4.78, 5) is 28.4. The van der Waals surface area contributed by atoms with Gasteiger partial charge in [0.15, 0.2) is 5.16 Å². The number of nitrogens with one attached hydrogen (secondary N) is 2. The maximum absolute atomic E-state index is 10.8. The van der Waals surface area contributed by atoms with Gasteiger partial charge in [-0.1, -0.05) is 11.8 Å². The largest absolute Gasteiger partial charge is 0.480 e. The SMILES string of the molecule is CNC(Cc1c[nH]c(SCC(N)C(=O)O)n1)C(=O)O. The quantitative estimate of drug-likeness (QED) is 0.389. The number of aromatic nitrogens is 2. The van der Waals surface area contributed by atoms with Crippen LogP contribution in [0.4, 0.5) is 0 Å². The van der Waals surface area contributed by atoms with Crippen LogP contribution in [0.1, 0.15) is 5.69 Å².